The van der Waals surface area contributed by atoms with Crippen LogP contribution in [0.15, 0.2) is 24.4 Å². The number of aromatic nitrogens is 4. The number of hydrogen-bond acceptors (Lipinski definition) is 6. The summed E-state index contributed by atoms with van der Waals surface area (Å²) in [5, 5.41) is 11.2. The molecule has 1 aliphatic rings. The van der Waals surface area contributed by atoms with Gasteiger partial charge in [-0.25, -0.2) is 4.79 Å². The summed E-state index contributed by atoms with van der Waals surface area (Å²) in [6, 6.07) is 5.68. The molecule has 1 fully saturated rings. The maximum atomic E-state index is 12.1. The number of nitrogens with zero attached hydrogens (tertiary/aromatic N) is 5. The maximum absolute atomic E-state index is 12.1. The summed E-state index contributed by atoms with van der Waals surface area (Å²) in [4.78, 5) is 20.3. The van der Waals surface area contributed by atoms with Crippen LogP contribution in [0.2, 0.25) is 0 Å². The second kappa shape index (κ2) is 6.46. The van der Waals surface area contributed by atoms with Crippen LogP contribution in [-0.4, -0.2) is 63.2 Å². The molecule has 0 unspecified atom stereocenters. The number of piperazine rings is 1. The zero-order chi connectivity index (χ0) is 17.2. The van der Waals surface area contributed by atoms with Gasteiger partial charge in [0, 0.05) is 32.4 Å². The van der Waals surface area contributed by atoms with Gasteiger partial charge in [0.15, 0.2) is 11.5 Å². The average Bonchev–Trinajstić information content (AvgIpc) is 3.04. The Hall–Kier alpha value is -2.64. The molecular weight excluding hydrogens is 308 g/mol. The second-order valence-electron chi connectivity index (χ2n) is 6.67. The Morgan fingerprint density at radius 3 is 2.54 bits per heavy atom. The third-order valence-electron chi connectivity index (χ3n) is 3.67. The van der Waals surface area contributed by atoms with E-state index in [0.717, 1.165) is 17.2 Å². The van der Waals surface area contributed by atoms with Crippen molar-refractivity contribution in [2.45, 2.75) is 26.4 Å². The number of carbonyl (C=O) groups is 1. The van der Waals surface area contributed by atoms with Gasteiger partial charge in [-0.15, -0.1) is 5.10 Å². The molecule has 8 nitrogen and oxygen atoms in total. The average molecular weight is 330 g/mol. The van der Waals surface area contributed by atoms with Gasteiger partial charge >= 0.3 is 6.09 Å². The fourth-order valence-electron chi connectivity index (χ4n) is 2.55. The molecule has 0 aromatic carbocycles. The van der Waals surface area contributed by atoms with Crippen molar-refractivity contribution in [3.05, 3.63) is 24.4 Å². The van der Waals surface area contributed by atoms with E-state index in [1.807, 2.05) is 39.0 Å². The number of hydrogen-bond donors (Lipinski definition) is 1. The van der Waals surface area contributed by atoms with Gasteiger partial charge in [-0.3, -0.25) is 4.98 Å². The quantitative estimate of drug-likeness (QED) is 0.905. The van der Waals surface area contributed by atoms with Crippen LogP contribution in [0.25, 0.3) is 11.4 Å². The summed E-state index contributed by atoms with van der Waals surface area (Å²) >= 11 is 0. The fraction of sp³-hybridized carbons (Fsp3) is 0.500. The Morgan fingerprint density at radius 2 is 1.92 bits per heavy atom. The van der Waals surface area contributed by atoms with Crippen molar-refractivity contribution in [1.29, 1.82) is 0 Å². The first kappa shape index (κ1) is 16.2. The molecule has 128 valence electrons. The third kappa shape index (κ3) is 3.64. The van der Waals surface area contributed by atoms with E-state index < -0.39 is 5.60 Å². The van der Waals surface area contributed by atoms with Gasteiger partial charge in [0.1, 0.15) is 5.60 Å². The van der Waals surface area contributed by atoms with E-state index >= 15 is 0 Å². The van der Waals surface area contributed by atoms with Crippen LogP contribution in [0.1, 0.15) is 20.8 Å². The molecule has 1 aliphatic heterocycles. The minimum absolute atomic E-state index is 0.271. The SMILES string of the molecule is CC(C)(C)OC(=O)N1CCN(c2n[nH]nc2-c2ccccn2)CC1. The van der Waals surface area contributed by atoms with Crippen LogP contribution >= 0.6 is 0 Å². The standard InChI is InChI=1S/C16H22N6O2/c1-16(2,3)24-15(23)22-10-8-21(9-11-22)14-13(18-20-19-14)12-6-4-5-7-17-12/h4-7H,8-11H2,1-3H3,(H,18,19,20). The van der Waals surface area contributed by atoms with Crippen molar-refractivity contribution in [2.24, 2.45) is 0 Å². The van der Waals surface area contributed by atoms with Crippen LogP contribution in [0, 0.1) is 0 Å². The molecule has 1 saturated heterocycles. The largest absolute Gasteiger partial charge is 0.444 e. The highest BCUT2D eigenvalue weighted by Gasteiger charge is 2.28. The first-order valence-electron chi connectivity index (χ1n) is 7.99. The predicted octanol–water partition coefficient (Wildman–Crippen LogP) is 1.92. The highest BCUT2D eigenvalue weighted by molar-refractivity contribution is 5.70. The predicted molar refractivity (Wildman–Crippen MR) is 89.6 cm³/mol. The molecule has 0 saturated carbocycles. The monoisotopic (exact) mass is 330 g/mol. The van der Waals surface area contributed by atoms with E-state index in [0.29, 0.717) is 26.2 Å². The molecule has 0 aliphatic carbocycles. The summed E-state index contributed by atoms with van der Waals surface area (Å²) in [5.74, 6) is 0.762. The number of aromatic amines is 1. The topological polar surface area (TPSA) is 87.2 Å². The van der Waals surface area contributed by atoms with Gasteiger partial charge in [0.2, 0.25) is 0 Å². The summed E-state index contributed by atoms with van der Waals surface area (Å²) in [6.45, 7) is 8.13. The van der Waals surface area contributed by atoms with E-state index in [2.05, 4.69) is 25.3 Å². The lowest BCUT2D eigenvalue weighted by Crippen LogP contribution is -2.50. The summed E-state index contributed by atoms with van der Waals surface area (Å²) in [6.07, 6.45) is 1.46. The Bertz CT molecular complexity index is 686. The molecule has 2 aromatic heterocycles. The first-order valence-corrected chi connectivity index (χ1v) is 7.99. The van der Waals surface area contributed by atoms with Gasteiger partial charge < -0.3 is 14.5 Å². The van der Waals surface area contributed by atoms with Crippen molar-refractivity contribution in [2.75, 3.05) is 31.1 Å². The van der Waals surface area contributed by atoms with E-state index in [4.69, 9.17) is 4.74 Å². The van der Waals surface area contributed by atoms with Gasteiger partial charge in [-0.2, -0.15) is 10.3 Å². The van der Waals surface area contributed by atoms with Crippen LogP contribution < -0.4 is 4.90 Å². The number of H-pyrrole nitrogens is 1. The van der Waals surface area contributed by atoms with Gasteiger partial charge in [-0.05, 0) is 32.9 Å². The molecule has 8 heteroatoms. The normalized spacial score (nSPS) is 15.5. The smallest absolute Gasteiger partial charge is 0.410 e. The molecule has 2 aromatic rings. The van der Waals surface area contributed by atoms with Crippen molar-refractivity contribution < 1.29 is 9.53 Å². The summed E-state index contributed by atoms with van der Waals surface area (Å²) in [7, 11) is 0. The minimum atomic E-state index is -0.480. The maximum Gasteiger partial charge on any atom is 0.410 e. The van der Waals surface area contributed by atoms with E-state index in [1.54, 1.807) is 11.1 Å². The van der Waals surface area contributed by atoms with Gasteiger partial charge in [0.05, 0.1) is 5.69 Å². The molecule has 1 N–H and O–H groups in total. The van der Waals surface area contributed by atoms with Crippen molar-refractivity contribution in [3.8, 4) is 11.4 Å². The van der Waals surface area contributed by atoms with Crippen LogP contribution in [0.4, 0.5) is 10.6 Å². The molecule has 0 atom stereocenters. The zero-order valence-electron chi connectivity index (χ0n) is 14.2. The lowest BCUT2D eigenvalue weighted by Gasteiger charge is -2.35. The Balaban J connectivity index is 1.66. The lowest BCUT2D eigenvalue weighted by atomic mass is 10.2. The number of amides is 1. The van der Waals surface area contributed by atoms with Crippen molar-refractivity contribution in [3.63, 3.8) is 0 Å². The molecule has 3 heterocycles. The summed E-state index contributed by atoms with van der Waals surface area (Å²) < 4.78 is 5.42. The number of pyridine rings is 1. The molecular formula is C16H22N6O2. The van der Waals surface area contributed by atoms with Crippen molar-refractivity contribution >= 4 is 11.9 Å². The molecule has 24 heavy (non-hydrogen) atoms. The first-order chi connectivity index (χ1) is 11.4. The van der Waals surface area contributed by atoms with E-state index in [1.165, 1.54) is 0 Å². The lowest BCUT2D eigenvalue weighted by molar-refractivity contribution is 0.0240. The van der Waals surface area contributed by atoms with Crippen LogP contribution in [0.3, 0.4) is 0 Å². The van der Waals surface area contributed by atoms with Gasteiger partial charge in [-0.1, -0.05) is 6.07 Å². The molecule has 0 bridgehead atoms. The van der Waals surface area contributed by atoms with E-state index in [-0.39, 0.29) is 6.09 Å². The zero-order valence-corrected chi connectivity index (χ0v) is 14.2. The Morgan fingerprint density at radius 1 is 1.17 bits per heavy atom. The number of nitrogens with one attached hydrogen (secondary N) is 1. The number of rotatable bonds is 2. The van der Waals surface area contributed by atoms with Gasteiger partial charge in [0.25, 0.3) is 0 Å². The molecule has 1 amide bonds. The number of anilines is 1. The Kier molecular flexibility index (Phi) is 4.37. The summed E-state index contributed by atoms with van der Waals surface area (Å²) in [5.41, 5.74) is 1.02. The number of carbonyl (C=O) groups excluding carboxylic acids is 1. The molecule has 0 spiro atoms. The van der Waals surface area contributed by atoms with Crippen LogP contribution in [0.5, 0.6) is 0 Å². The molecule has 0 radical (unpaired) electrons. The molecule has 3 rings (SSSR count). The van der Waals surface area contributed by atoms with Crippen molar-refractivity contribution in [1.82, 2.24) is 25.3 Å². The fourth-order valence-corrected chi connectivity index (χ4v) is 2.55. The number of ether oxygens (including phenoxy) is 1. The highest BCUT2D eigenvalue weighted by atomic mass is 16.6. The minimum Gasteiger partial charge on any atom is -0.444 e. The van der Waals surface area contributed by atoms with Crippen LogP contribution in [-0.2, 0) is 4.74 Å². The third-order valence-corrected chi connectivity index (χ3v) is 3.67. The van der Waals surface area contributed by atoms with E-state index in [9.17, 15) is 4.79 Å². The Labute approximate surface area is 140 Å². The highest BCUT2D eigenvalue weighted by Crippen LogP contribution is 2.25. The second-order valence-corrected chi connectivity index (χ2v) is 6.67.